The number of piperazine rings is 1. The van der Waals surface area contributed by atoms with E-state index in [1.54, 1.807) is 29.2 Å². The number of anilines is 1. The van der Waals surface area contributed by atoms with E-state index >= 15 is 0 Å². The van der Waals surface area contributed by atoms with Gasteiger partial charge in [-0.25, -0.2) is 0 Å². The lowest BCUT2D eigenvalue weighted by Gasteiger charge is -2.37. The summed E-state index contributed by atoms with van der Waals surface area (Å²) >= 11 is 15.5. The van der Waals surface area contributed by atoms with Gasteiger partial charge in [-0.2, -0.15) is 0 Å². The highest BCUT2D eigenvalue weighted by atomic mass is 79.9. The summed E-state index contributed by atoms with van der Waals surface area (Å²) in [7, 11) is 0. The maximum Gasteiger partial charge on any atom is 0.256 e. The van der Waals surface area contributed by atoms with Gasteiger partial charge in [0.25, 0.3) is 5.91 Å². The molecule has 3 rings (SSSR count). The van der Waals surface area contributed by atoms with E-state index < -0.39 is 6.10 Å². The summed E-state index contributed by atoms with van der Waals surface area (Å²) in [5.74, 6) is -0.274. The molecule has 1 saturated heterocycles. The van der Waals surface area contributed by atoms with Crippen molar-refractivity contribution in [2.45, 2.75) is 6.10 Å². The Morgan fingerprint density at radius 3 is 2.28 bits per heavy atom. The molecule has 25 heavy (non-hydrogen) atoms. The lowest BCUT2D eigenvalue weighted by Crippen LogP contribution is -2.50. The molecule has 1 fully saturated rings. The van der Waals surface area contributed by atoms with Crippen LogP contribution in [0.3, 0.4) is 0 Å². The Balaban J connectivity index is 1.63. The van der Waals surface area contributed by atoms with Gasteiger partial charge in [0, 0.05) is 35.7 Å². The minimum absolute atomic E-state index is 0.274. The number of amides is 1. The average Bonchev–Trinajstić information content (AvgIpc) is 2.61. The molecule has 0 saturated carbocycles. The largest absolute Gasteiger partial charge is 0.378 e. The molecule has 132 valence electrons. The number of carbonyl (C=O) groups excluding carboxylic acids is 1. The van der Waals surface area contributed by atoms with Crippen LogP contribution in [0.4, 0.5) is 5.69 Å². The van der Waals surface area contributed by atoms with Crippen molar-refractivity contribution in [2.24, 2.45) is 0 Å². The molecule has 2 aromatic rings. The van der Waals surface area contributed by atoms with Gasteiger partial charge in [-0.15, -0.1) is 0 Å². The Morgan fingerprint density at radius 1 is 1.04 bits per heavy atom. The van der Waals surface area contributed by atoms with Crippen molar-refractivity contribution in [3.05, 3.63) is 62.5 Å². The SMILES string of the molecule is O=C(C(O)c1ccc(Br)cc1)N1CCN(c2ccc(Cl)cc2Cl)CC1. The van der Waals surface area contributed by atoms with Gasteiger partial charge >= 0.3 is 0 Å². The highest BCUT2D eigenvalue weighted by Gasteiger charge is 2.27. The molecule has 1 aliphatic rings. The predicted molar refractivity (Wildman–Crippen MR) is 104 cm³/mol. The normalized spacial score (nSPS) is 16.0. The molecule has 7 heteroatoms. The van der Waals surface area contributed by atoms with E-state index in [9.17, 15) is 9.90 Å². The van der Waals surface area contributed by atoms with Crippen LogP contribution >= 0.6 is 39.1 Å². The summed E-state index contributed by atoms with van der Waals surface area (Å²) in [5, 5.41) is 11.5. The van der Waals surface area contributed by atoms with Crippen LogP contribution < -0.4 is 4.90 Å². The fourth-order valence-electron chi connectivity index (χ4n) is 2.87. The summed E-state index contributed by atoms with van der Waals surface area (Å²) in [4.78, 5) is 16.3. The van der Waals surface area contributed by atoms with E-state index in [1.807, 2.05) is 18.2 Å². The minimum Gasteiger partial charge on any atom is -0.378 e. The highest BCUT2D eigenvalue weighted by molar-refractivity contribution is 9.10. The van der Waals surface area contributed by atoms with Gasteiger partial charge in [-0.1, -0.05) is 51.3 Å². The zero-order valence-electron chi connectivity index (χ0n) is 13.3. The monoisotopic (exact) mass is 442 g/mol. The fraction of sp³-hybridized carbons (Fsp3) is 0.278. The molecule has 1 N–H and O–H groups in total. The minimum atomic E-state index is -1.14. The molecule has 0 radical (unpaired) electrons. The van der Waals surface area contributed by atoms with Gasteiger partial charge in [0.2, 0.25) is 0 Å². The van der Waals surface area contributed by atoms with E-state index in [4.69, 9.17) is 23.2 Å². The number of aliphatic hydroxyl groups is 1. The van der Waals surface area contributed by atoms with Crippen LogP contribution in [0.15, 0.2) is 46.9 Å². The number of carbonyl (C=O) groups is 1. The van der Waals surface area contributed by atoms with E-state index in [1.165, 1.54) is 0 Å². The molecular formula is C18H17BrCl2N2O2. The summed E-state index contributed by atoms with van der Waals surface area (Å²) in [6, 6.07) is 12.5. The predicted octanol–water partition coefficient (Wildman–Crippen LogP) is 4.14. The number of benzene rings is 2. The summed E-state index contributed by atoms with van der Waals surface area (Å²) in [5.41, 5.74) is 1.50. The van der Waals surface area contributed by atoms with Crippen molar-refractivity contribution in [1.82, 2.24) is 4.90 Å². The zero-order chi connectivity index (χ0) is 18.0. The second kappa shape index (κ2) is 7.96. The molecule has 0 spiro atoms. The number of halogens is 3. The fourth-order valence-corrected chi connectivity index (χ4v) is 3.66. The van der Waals surface area contributed by atoms with Crippen LogP contribution in [-0.2, 0) is 4.79 Å². The van der Waals surface area contributed by atoms with Crippen molar-refractivity contribution >= 4 is 50.7 Å². The Kier molecular flexibility index (Phi) is 5.89. The molecule has 0 aliphatic carbocycles. The first-order valence-electron chi connectivity index (χ1n) is 7.88. The van der Waals surface area contributed by atoms with Crippen LogP contribution in [0, 0.1) is 0 Å². The summed E-state index contributed by atoms with van der Waals surface area (Å²) in [6.07, 6.45) is -1.14. The Morgan fingerprint density at radius 2 is 1.68 bits per heavy atom. The Hall–Kier alpha value is -1.27. The van der Waals surface area contributed by atoms with E-state index in [-0.39, 0.29) is 5.91 Å². The van der Waals surface area contributed by atoms with Crippen LogP contribution in [0.2, 0.25) is 10.0 Å². The Bertz CT molecular complexity index is 762. The second-order valence-corrected chi connectivity index (χ2v) is 7.62. The van der Waals surface area contributed by atoms with E-state index in [0.29, 0.717) is 41.8 Å². The number of hydrogen-bond donors (Lipinski definition) is 1. The number of hydrogen-bond acceptors (Lipinski definition) is 3. The van der Waals surface area contributed by atoms with Crippen LogP contribution in [0.25, 0.3) is 0 Å². The molecule has 1 unspecified atom stereocenters. The molecule has 1 heterocycles. The zero-order valence-corrected chi connectivity index (χ0v) is 16.4. The van der Waals surface area contributed by atoms with Gasteiger partial charge in [0.15, 0.2) is 6.10 Å². The third-order valence-electron chi connectivity index (χ3n) is 4.26. The Labute approximate surface area is 165 Å². The van der Waals surface area contributed by atoms with Gasteiger partial charge in [-0.3, -0.25) is 4.79 Å². The van der Waals surface area contributed by atoms with Crippen molar-refractivity contribution in [3.8, 4) is 0 Å². The first kappa shape index (κ1) is 18.5. The lowest BCUT2D eigenvalue weighted by atomic mass is 10.1. The van der Waals surface area contributed by atoms with E-state index in [0.717, 1.165) is 10.2 Å². The smallest absolute Gasteiger partial charge is 0.256 e. The molecule has 0 bridgehead atoms. The molecule has 1 aliphatic heterocycles. The maximum atomic E-state index is 12.5. The molecular weight excluding hydrogens is 427 g/mol. The number of rotatable bonds is 3. The van der Waals surface area contributed by atoms with Gasteiger partial charge in [0.05, 0.1) is 10.7 Å². The van der Waals surface area contributed by atoms with E-state index in [2.05, 4.69) is 20.8 Å². The molecule has 1 atom stereocenters. The van der Waals surface area contributed by atoms with Crippen molar-refractivity contribution < 1.29 is 9.90 Å². The standard InChI is InChI=1S/C18H17BrCl2N2O2/c19-13-3-1-12(2-4-13)17(24)18(25)23-9-7-22(8-10-23)16-6-5-14(20)11-15(16)21/h1-6,11,17,24H,7-10H2. The second-order valence-electron chi connectivity index (χ2n) is 5.86. The summed E-state index contributed by atoms with van der Waals surface area (Å²) in [6.45, 7) is 2.37. The average molecular weight is 444 g/mol. The van der Waals surface area contributed by atoms with Crippen molar-refractivity contribution in [2.75, 3.05) is 31.1 Å². The van der Waals surface area contributed by atoms with Crippen LogP contribution in [0.1, 0.15) is 11.7 Å². The molecule has 1 amide bonds. The van der Waals surface area contributed by atoms with Gasteiger partial charge < -0.3 is 14.9 Å². The molecule has 0 aromatic heterocycles. The van der Waals surface area contributed by atoms with Gasteiger partial charge in [0.1, 0.15) is 0 Å². The van der Waals surface area contributed by atoms with Gasteiger partial charge in [-0.05, 0) is 35.9 Å². The van der Waals surface area contributed by atoms with Crippen LogP contribution in [0.5, 0.6) is 0 Å². The molecule has 4 nitrogen and oxygen atoms in total. The molecule has 2 aromatic carbocycles. The first-order valence-corrected chi connectivity index (χ1v) is 9.43. The quantitative estimate of drug-likeness (QED) is 0.775. The topological polar surface area (TPSA) is 43.8 Å². The third kappa shape index (κ3) is 4.29. The number of aliphatic hydroxyl groups excluding tert-OH is 1. The van der Waals surface area contributed by atoms with Crippen molar-refractivity contribution in [3.63, 3.8) is 0 Å². The third-order valence-corrected chi connectivity index (χ3v) is 5.33. The number of nitrogens with zero attached hydrogens (tertiary/aromatic N) is 2. The van der Waals surface area contributed by atoms with Crippen molar-refractivity contribution in [1.29, 1.82) is 0 Å². The van der Waals surface area contributed by atoms with Crippen LogP contribution in [-0.4, -0.2) is 42.1 Å². The maximum absolute atomic E-state index is 12.5. The highest BCUT2D eigenvalue weighted by Crippen LogP contribution is 2.30. The lowest BCUT2D eigenvalue weighted by molar-refractivity contribution is -0.140. The first-order chi connectivity index (χ1) is 12.0. The summed E-state index contributed by atoms with van der Waals surface area (Å²) < 4.78 is 0.907.